The molecule has 1 aromatic carbocycles. The van der Waals surface area contributed by atoms with Crippen LogP contribution in [0.1, 0.15) is 11.1 Å². The van der Waals surface area contributed by atoms with E-state index in [9.17, 15) is 13.2 Å². The zero-order chi connectivity index (χ0) is 15.0. The number of aromatic nitrogens is 1. The average molecular weight is 325 g/mol. The van der Waals surface area contributed by atoms with Crippen molar-refractivity contribution in [2.24, 2.45) is 0 Å². The minimum Gasteiger partial charge on any atom is -0.306 e. The number of hydrogen-bond donors (Lipinski definition) is 2. The fourth-order valence-electron chi connectivity index (χ4n) is 2.07. The topological polar surface area (TPSA) is 96.4 Å². The molecule has 1 aliphatic heterocycles. The number of nitrogens with one attached hydrogen (secondary N) is 1. The van der Waals surface area contributed by atoms with Crippen LogP contribution in [0, 0.1) is 0 Å². The van der Waals surface area contributed by atoms with Gasteiger partial charge in [-0.1, -0.05) is 12.1 Å². The molecule has 1 aromatic heterocycles. The number of carbonyl (C=O) groups excluding carboxylic acids is 1. The Kier molecular flexibility index (Phi) is 4.84. The largest absolute Gasteiger partial charge is 0.306 e. The van der Waals surface area contributed by atoms with Gasteiger partial charge in [-0.15, -0.1) is 0 Å². The predicted molar refractivity (Wildman–Crippen MR) is 82.7 cm³/mol. The third kappa shape index (κ3) is 3.29. The third-order valence-corrected chi connectivity index (χ3v) is 3.93. The molecule has 1 aliphatic rings. The van der Waals surface area contributed by atoms with Gasteiger partial charge in [0.15, 0.2) is 0 Å². The Hall–Kier alpha value is -1.51. The van der Waals surface area contributed by atoms with E-state index in [1.807, 2.05) is 0 Å². The van der Waals surface area contributed by atoms with Gasteiger partial charge >= 0.3 is 0 Å². The summed E-state index contributed by atoms with van der Waals surface area (Å²) in [4.78, 5) is 15.8. The summed E-state index contributed by atoms with van der Waals surface area (Å²) in [5.74, 6) is 0.242. The van der Waals surface area contributed by atoms with Gasteiger partial charge in [0.25, 0.3) is 16.0 Å². The van der Waals surface area contributed by atoms with Crippen LogP contribution in [0.4, 0.5) is 5.82 Å². The molecule has 0 bridgehead atoms. The first-order valence-electron chi connectivity index (χ1n) is 6.01. The van der Waals surface area contributed by atoms with E-state index in [0.29, 0.717) is 22.5 Å². The maximum absolute atomic E-state index is 11.9. The van der Waals surface area contributed by atoms with Gasteiger partial charge in [-0.05, 0) is 35.9 Å². The minimum atomic E-state index is -4.22. The second-order valence-corrected chi connectivity index (χ2v) is 5.88. The van der Waals surface area contributed by atoms with E-state index < -0.39 is 10.1 Å². The summed E-state index contributed by atoms with van der Waals surface area (Å²) in [6, 6.07) is 9.08. The van der Waals surface area contributed by atoms with Crippen molar-refractivity contribution in [1.29, 1.82) is 0 Å². The molecule has 2 aromatic rings. The van der Waals surface area contributed by atoms with Crippen LogP contribution in [0.3, 0.4) is 0 Å². The van der Waals surface area contributed by atoms with Gasteiger partial charge in [-0.2, -0.15) is 8.42 Å². The number of anilines is 1. The molecule has 0 aliphatic carbocycles. The molecule has 22 heavy (non-hydrogen) atoms. The van der Waals surface area contributed by atoms with Crippen LogP contribution >= 0.6 is 0 Å². The van der Waals surface area contributed by atoms with Crippen LogP contribution in [0.2, 0.25) is 0 Å². The Morgan fingerprint density at radius 3 is 2.45 bits per heavy atom. The average Bonchev–Trinajstić information content (AvgIpc) is 2.75. The number of nitrogens with zero attached hydrogens (tertiary/aromatic N) is 1. The van der Waals surface area contributed by atoms with Gasteiger partial charge in [0.2, 0.25) is 0 Å². The predicted octanol–water partition coefficient (Wildman–Crippen LogP) is 1.44. The van der Waals surface area contributed by atoms with Crippen molar-refractivity contribution in [3.63, 3.8) is 0 Å². The molecule has 0 saturated carbocycles. The number of carbonyl (C=O) groups is 1. The second kappa shape index (κ2) is 6.31. The summed E-state index contributed by atoms with van der Waals surface area (Å²) < 4.78 is 30.9. The van der Waals surface area contributed by atoms with Crippen molar-refractivity contribution in [1.82, 2.24) is 4.98 Å². The van der Waals surface area contributed by atoms with Crippen LogP contribution in [0.15, 0.2) is 47.5 Å². The standard InChI is InChI=1S/C14H10N2O4S.Na/c17-14-12(11-2-1-7-15-13(11)16-14)8-9-3-5-10(6-4-9)21(18,19)20;/h1-8H,(H,15,16,17)(H,18,19,20);. The first-order valence-corrected chi connectivity index (χ1v) is 7.45. The smallest absolute Gasteiger partial charge is 0.294 e. The zero-order valence-corrected chi connectivity index (χ0v) is 14.5. The number of amides is 1. The summed E-state index contributed by atoms with van der Waals surface area (Å²) in [6.45, 7) is 0. The van der Waals surface area contributed by atoms with Gasteiger partial charge < -0.3 is 5.32 Å². The van der Waals surface area contributed by atoms with E-state index in [0.717, 1.165) is 0 Å². The fourth-order valence-corrected chi connectivity index (χ4v) is 2.55. The summed E-state index contributed by atoms with van der Waals surface area (Å²) in [7, 11) is -4.22. The van der Waals surface area contributed by atoms with Gasteiger partial charge in [-0.3, -0.25) is 9.35 Å². The summed E-state index contributed by atoms with van der Waals surface area (Å²) in [5.41, 5.74) is 1.79. The Morgan fingerprint density at radius 1 is 1.14 bits per heavy atom. The van der Waals surface area contributed by atoms with E-state index >= 15 is 0 Å². The molecule has 0 fully saturated rings. The van der Waals surface area contributed by atoms with E-state index in [-0.39, 0.29) is 40.4 Å². The number of fused-ring (bicyclic) bond motifs is 1. The Morgan fingerprint density at radius 2 is 1.82 bits per heavy atom. The molecule has 1 amide bonds. The van der Waals surface area contributed by atoms with Crippen LogP contribution in [0.25, 0.3) is 11.6 Å². The molecule has 3 rings (SSSR count). The fraction of sp³-hybridized carbons (Fsp3) is 0. The molecule has 0 saturated heterocycles. The number of benzene rings is 1. The van der Waals surface area contributed by atoms with Crippen LogP contribution in [0.5, 0.6) is 0 Å². The number of pyridine rings is 1. The van der Waals surface area contributed by atoms with Crippen molar-refractivity contribution in [2.45, 2.75) is 4.90 Å². The third-order valence-electron chi connectivity index (χ3n) is 3.06. The van der Waals surface area contributed by atoms with E-state index in [1.54, 1.807) is 24.4 Å². The van der Waals surface area contributed by atoms with Gasteiger partial charge in [0.1, 0.15) is 5.82 Å². The van der Waals surface area contributed by atoms with Crippen molar-refractivity contribution < 1.29 is 17.8 Å². The Labute approximate surface area is 149 Å². The Bertz CT molecular complexity index is 861. The summed E-state index contributed by atoms with van der Waals surface area (Å²) in [5, 5.41) is 2.65. The monoisotopic (exact) mass is 325 g/mol. The number of rotatable bonds is 2. The molecule has 0 unspecified atom stereocenters. The molecular formula is C14H10N2NaO4S. The summed E-state index contributed by atoms with van der Waals surface area (Å²) >= 11 is 0. The van der Waals surface area contributed by atoms with Crippen LogP contribution in [-0.4, -0.2) is 53.4 Å². The quantitative estimate of drug-likeness (QED) is 0.495. The van der Waals surface area contributed by atoms with Crippen molar-refractivity contribution in [3.05, 3.63) is 53.7 Å². The maximum atomic E-state index is 11.9. The van der Waals surface area contributed by atoms with Crippen molar-refractivity contribution in [2.75, 3.05) is 5.32 Å². The molecule has 1 radical (unpaired) electrons. The van der Waals surface area contributed by atoms with Crippen LogP contribution < -0.4 is 5.32 Å². The van der Waals surface area contributed by atoms with E-state index in [2.05, 4.69) is 10.3 Å². The zero-order valence-electron chi connectivity index (χ0n) is 11.6. The van der Waals surface area contributed by atoms with Gasteiger partial charge in [-0.25, -0.2) is 4.98 Å². The van der Waals surface area contributed by atoms with Crippen molar-refractivity contribution in [3.8, 4) is 0 Å². The second-order valence-electron chi connectivity index (χ2n) is 4.46. The molecule has 0 atom stereocenters. The summed E-state index contributed by atoms with van der Waals surface area (Å²) in [6.07, 6.45) is 3.22. The van der Waals surface area contributed by atoms with Crippen LogP contribution in [-0.2, 0) is 14.9 Å². The molecule has 2 heterocycles. The maximum Gasteiger partial charge on any atom is 0.294 e. The molecule has 2 N–H and O–H groups in total. The molecule has 6 nitrogen and oxygen atoms in total. The molecule has 107 valence electrons. The van der Waals surface area contributed by atoms with Gasteiger partial charge in [0.05, 0.1) is 10.5 Å². The molecule has 0 spiro atoms. The van der Waals surface area contributed by atoms with Crippen molar-refractivity contribution >= 4 is 63.0 Å². The van der Waals surface area contributed by atoms with E-state index in [1.165, 1.54) is 24.3 Å². The normalized spacial score (nSPS) is 15.1. The van der Waals surface area contributed by atoms with Gasteiger partial charge in [0, 0.05) is 41.3 Å². The molecule has 8 heteroatoms. The first-order chi connectivity index (χ1) is 9.95. The SMILES string of the molecule is O=C1Nc2ncccc2C1=Cc1ccc(S(=O)(=O)O)cc1.[Na]. The minimum absolute atomic E-state index is 0. The molecular weight excluding hydrogens is 315 g/mol. The first kappa shape index (κ1) is 16.9. The number of hydrogen-bond acceptors (Lipinski definition) is 4. The Balaban J connectivity index is 0.00000176. The van der Waals surface area contributed by atoms with E-state index in [4.69, 9.17) is 4.55 Å².